The first-order valence-electron chi connectivity index (χ1n) is 21.7. The second-order valence-electron chi connectivity index (χ2n) is 19.8. The fourth-order valence-electron chi connectivity index (χ4n) is 10.1. The molecule has 1 N–H and O–H groups in total. The quantitative estimate of drug-likeness (QED) is 0.0867. The third-order valence-corrected chi connectivity index (χ3v) is 19.4. The van der Waals surface area contributed by atoms with Crippen LogP contribution in [0.15, 0.2) is 29.4 Å². The van der Waals surface area contributed by atoms with Gasteiger partial charge in [0.1, 0.15) is 47.8 Å². The van der Waals surface area contributed by atoms with Crippen molar-refractivity contribution in [2.45, 2.75) is 160 Å². The fraction of sp³-hybridized carbons (Fsp3) is 0.553. The van der Waals surface area contributed by atoms with Crippen LogP contribution in [-0.2, 0) is 9.47 Å². The SMILES string of the molecule is CSc1nc2c3c(nc(-c4cc(NC(=O)OC(C)(C)C)c(F)c5cccc(C#C[Si](C(C)C)(C(C)C)C(C)C)c45)c(F)c3n1)O[C@@H](C)[C@@H]1[C@@H]3CC[C@H](CN21)N3C(=O)OC(C)(C)C. The van der Waals surface area contributed by atoms with Crippen LogP contribution < -0.4 is 15.0 Å². The largest absolute Gasteiger partial charge is 0.472 e. The number of thioether (sulfide) groups is 1. The van der Waals surface area contributed by atoms with Gasteiger partial charge in [-0.15, -0.1) is 5.54 Å². The lowest BCUT2D eigenvalue weighted by molar-refractivity contribution is 0.000926. The number of anilines is 2. The molecule has 4 atom stereocenters. The Bertz CT molecular complexity index is 2490. The Kier molecular flexibility index (Phi) is 12.0. The van der Waals surface area contributed by atoms with E-state index in [0.717, 1.165) is 12.8 Å². The van der Waals surface area contributed by atoms with Crippen molar-refractivity contribution in [1.82, 2.24) is 19.9 Å². The third kappa shape index (κ3) is 8.06. The van der Waals surface area contributed by atoms with Gasteiger partial charge in [-0.3, -0.25) is 10.2 Å². The van der Waals surface area contributed by atoms with Crippen LogP contribution in [0.25, 0.3) is 32.9 Å². The number of benzene rings is 2. The number of carbonyl (C=O) groups excluding carboxylic acids is 2. The summed E-state index contributed by atoms with van der Waals surface area (Å²) >= 11 is 1.28. The molecular formula is C47H60F2N6O5SSi. The maximum atomic E-state index is 17.9. The summed E-state index contributed by atoms with van der Waals surface area (Å²) in [5, 5.41) is 3.69. The molecule has 0 saturated carbocycles. The summed E-state index contributed by atoms with van der Waals surface area (Å²) in [6.45, 7) is 26.4. The number of nitrogens with one attached hydrogen (secondary N) is 1. The van der Waals surface area contributed by atoms with Crippen molar-refractivity contribution in [1.29, 1.82) is 0 Å². The standard InChI is InChI=1S/C47H60F2N6O5SSi/c1-24(2)62(25(3)4,26(5)6)21-20-28-16-15-17-30-34(28)31(22-32(36(30)48)50-44(56)59-46(8,9)10)38-37(49)39-35-41(53-43(52-39)61-14)54-23-29-18-19-33(40(54)27(7)58-42(35)51-38)55(29)45(57)60-47(11,12)13/h15-17,22,24-27,29,33,40H,18-19,23H2,1-14H3,(H,50,56)/t27-,29+,33-,40+/m0/s1. The number of pyridine rings is 1. The Hall–Kier alpha value is -4.68. The third-order valence-electron chi connectivity index (χ3n) is 12.5. The molecule has 62 heavy (non-hydrogen) atoms. The highest BCUT2D eigenvalue weighted by Gasteiger charge is 2.54. The minimum absolute atomic E-state index is 0.0114. The smallest absolute Gasteiger partial charge is 0.412 e. The molecule has 3 aliphatic heterocycles. The average molecular weight is 887 g/mol. The normalized spacial score (nSPS) is 20.0. The van der Waals surface area contributed by atoms with Gasteiger partial charge in [-0.1, -0.05) is 71.4 Å². The van der Waals surface area contributed by atoms with E-state index in [1.54, 1.807) is 32.9 Å². The summed E-state index contributed by atoms with van der Waals surface area (Å²) in [5.41, 5.74) is 3.51. The molecule has 2 amide bonds. The summed E-state index contributed by atoms with van der Waals surface area (Å²) in [7, 11) is -2.29. The van der Waals surface area contributed by atoms with Gasteiger partial charge in [-0.05, 0) is 96.3 Å². The van der Waals surface area contributed by atoms with Crippen LogP contribution in [0, 0.1) is 23.1 Å². The molecule has 332 valence electrons. The first-order chi connectivity index (χ1) is 29.0. The van der Waals surface area contributed by atoms with Crippen molar-refractivity contribution < 1.29 is 32.6 Å². The maximum Gasteiger partial charge on any atom is 0.412 e. The molecule has 15 heteroatoms. The van der Waals surface area contributed by atoms with Gasteiger partial charge in [0.2, 0.25) is 5.88 Å². The summed E-state index contributed by atoms with van der Waals surface area (Å²) in [6, 6.07) is 5.72. The Morgan fingerprint density at radius 1 is 0.935 bits per heavy atom. The van der Waals surface area contributed by atoms with Crippen LogP contribution in [0.2, 0.25) is 16.6 Å². The summed E-state index contributed by atoms with van der Waals surface area (Å²) in [4.78, 5) is 45.6. The number of amides is 2. The number of fused-ring (bicyclic) bond motifs is 6. The second kappa shape index (κ2) is 16.5. The Morgan fingerprint density at radius 3 is 2.21 bits per heavy atom. The molecule has 0 spiro atoms. The summed E-state index contributed by atoms with van der Waals surface area (Å²) in [5.74, 6) is 2.59. The molecule has 11 nitrogen and oxygen atoms in total. The molecule has 7 rings (SSSR count). The predicted molar refractivity (Wildman–Crippen MR) is 246 cm³/mol. The van der Waals surface area contributed by atoms with E-state index in [1.165, 1.54) is 17.8 Å². The number of carbonyl (C=O) groups is 2. The molecular weight excluding hydrogens is 827 g/mol. The van der Waals surface area contributed by atoms with Crippen LogP contribution in [-0.4, -0.2) is 88.3 Å². The van der Waals surface area contributed by atoms with Crippen LogP contribution >= 0.6 is 11.8 Å². The van der Waals surface area contributed by atoms with Crippen molar-refractivity contribution in [2.24, 2.45) is 0 Å². The Balaban J connectivity index is 1.48. The Morgan fingerprint density at radius 2 is 1.60 bits per heavy atom. The monoisotopic (exact) mass is 886 g/mol. The molecule has 4 aromatic rings. The number of piperazine rings is 1. The van der Waals surface area contributed by atoms with E-state index in [-0.39, 0.29) is 57.9 Å². The van der Waals surface area contributed by atoms with Gasteiger partial charge in [0.25, 0.3) is 0 Å². The van der Waals surface area contributed by atoms with Gasteiger partial charge >= 0.3 is 12.2 Å². The van der Waals surface area contributed by atoms with Gasteiger partial charge in [-0.2, -0.15) is 0 Å². The molecule has 2 aromatic carbocycles. The fourth-order valence-corrected chi connectivity index (χ4v) is 15.7. The summed E-state index contributed by atoms with van der Waals surface area (Å²) < 4.78 is 52.9. The van der Waals surface area contributed by atoms with Gasteiger partial charge in [0, 0.05) is 28.4 Å². The zero-order chi connectivity index (χ0) is 45.4. The molecule has 2 aromatic heterocycles. The topological polar surface area (TPSA) is 119 Å². The van der Waals surface area contributed by atoms with Crippen molar-refractivity contribution >= 4 is 65.2 Å². The lowest BCUT2D eigenvalue weighted by atomic mass is 9.95. The van der Waals surface area contributed by atoms with Gasteiger partial charge in [0.15, 0.2) is 16.8 Å². The van der Waals surface area contributed by atoms with E-state index < -0.39 is 43.1 Å². The predicted octanol–water partition coefficient (Wildman–Crippen LogP) is 11.5. The highest BCUT2D eigenvalue weighted by Crippen LogP contribution is 2.48. The lowest BCUT2D eigenvalue weighted by Gasteiger charge is -2.48. The second-order valence-corrected chi connectivity index (χ2v) is 26.1. The number of hydrogen-bond acceptors (Lipinski definition) is 10. The molecule has 0 radical (unpaired) electrons. The molecule has 5 heterocycles. The number of hydrogen-bond donors (Lipinski definition) is 1. The van der Waals surface area contributed by atoms with E-state index in [9.17, 15) is 9.59 Å². The van der Waals surface area contributed by atoms with Crippen LogP contribution in [0.3, 0.4) is 0 Å². The van der Waals surface area contributed by atoms with Crippen molar-refractivity contribution in [2.75, 3.05) is 23.0 Å². The van der Waals surface area contributed by atoms with E-state index in [1.807, 2.05) is 44.9 Å². The number of rotatable bonds is 6. The van der Waals surface area contributed by atoms with Crippen LogP contribution in [0.5, 0.6) is 5.88 Å². The van der Waals surface area contributed by atoms with Crippen molar-refractivity contribution in [3.8, 4) is 28.6 Å². The van der Waals surface area contributed by atoms with E-state index in [4.69, 9.17) is 29.2 Å². The molecule has 2 saturated heterocycles. The molecule has 2 bridgehead atoms. The van der Waals surface area contributed by atoms with E-state index in [2.05, 4.69) is 63.2 Å². The minimum Gasteiger partial charge on any atom is -0.472 e. The molecule has 0 unspecified atom stereocenters. The van der Waals surface area contributed by atoms with E-state index >= 15 is 8.78 Å². The number of halogens is 2. The average Bonchev–Trinajstić information content (AvgIpc) is 3.41. The zero-order valence-corrected chi connectivity index (χ0v) is 40.2. The van der Waals surface area contributed by atoms with E-state index in [0.29, 0.717) is 50.5 Å². The zero-order valence-electron chi connectivity index (χ0n) is 38.4. The van der Waals surface area contributed by atoms with Crippen molar-refractivity contribution in [3.05, 3.63) is 41.5 Å². The van der Waals surface area contributed by atoms with Crippen molar-refractivity contribution in [3.63, 3.8) is 0 Å². The molecule has 2 fully saturated rings. The van der Waals surface area contributed by atoms with Gasteiger partial charge in [-0.25, -0.2) is 33.3 Å². The molecule has 3 aliphatic rings. The first-order valence-corrected chi connectivity index (χ1v) is 25.1. The maximum absolute atomic E-state index is 17.9. The Labute approximate surface area is 369 Å². The number of aromatic nitrogens is 3. The summed E-state index contributed by atoms with van der Waals surface area (Å²) in [6.07, 6.45) is 1.51. The van der Waals surface area contributed by atoms with Crippen LogP contribution in [0.1, 0.15) is 108 Å². The van der Waals surface area contributed by atoms with Gasteiger partial charge in [0.05, 0.1) is 23.8 Å². The molecule has 0 aliphatic carbocycles. The highest BCUT2D eigenvalue weighted by molar-refractivity contribution is 7.98. The first kappa shape index (κ1) is 45.3. The number of nitrogens with zero attached hydrogens (tertiary/aromatic N) is 5. The van der Waals surface area contributed by atoms with Gasteiger partial charge < -0.3 is 19.1 Å². The number of ether oxygens (including phenoxy) is 3. The highest BCUT2D eigenvalue weighted by atomic mass is 32.2. The van der Waals surface area contributed by atoms with Crippen LogP contribution in [0.4, 0.5) is 29.9 Å². The lowest BCUT2D eigenvalue weighted by Crippen LogP contribution is -2.65. The minimum atomic E-state index is -2.29.